The lowest BCUT2D eigenvalue weighted by molar-refractivity contribution is -0.111. The fourth-order valence-electron chi connectivity index (χ4n) is 4.07. The molecule has 0 saturated heterocycles. The Labute approximate surface area is 239 Å². The van der Waals surface area contributed by atoms with E-state index < -0.39 is 8.32 Å². The van der Waals surface area contributed by atoms with Crippen LogP contribution in [0.5, 0.6) is 5.75 Å². The molecule has 1 aliphatic rings. The molecular weight excluding hydrogens is 500 g/mol. The molecule has 1 aromatic carbocycles. The molecule has 0 unspecified atom stereocenters. The molecule has 2 rings (SSSR count). The predicted molar refractivity (Wildman–Crippen MR) is 165 cm³/mol. The first kappa shape index (κ1) is 32.8. The van der Waals surface area contributed by atoms with E-state index in [0.717, 1.165) is 62.0 Å². The number of ether oxygens (including phenoxy) is 2. The third kappa shape index (κ3) is 11.7. The topological polar surface area (TPSA) is 44.8 Å². The molecule has 1 aliphatic carbocycles. The Bertz CT molecular complexity index is 1030. The van der Waals surface area contributed by atoms with Gasteiger partial charge >= 0.3 is 0 Å². The number of hydrogen-bond donors (Lipinski definition) is 0. The molecule has 0 saturated carbocycles. The molecule has 0 amide bonds. The highest BCUT2D eigenvalue weighted by Crippen LogP contribution is 2.38. The lowest BCUT2D eigenvalue weighted by Crippen LogP contribution is -2.43. The van der Waals surface area contributed by atoms with Gasteiger partial charge in [-0.2, -0.15) is 0 Å². The van der Waals surface area contributed by atoms with Crippen molar-refractivity contribution in [2.45, 2.75) is 103 Å². The van der Waals surface area contributed by atoms with E-state index in [2.05, 4.69) is 70.9 Å². The molecule has 0 spiro atoms. The van der Waals surface area contributed by atoms with Gasteiger partial charge in [-0.3, -0.25) is 4.79 Å². The number of allylic oxidation sites excluding steroid dienone is 4. The van der Waals surface area contributed by atoms with Gasteiger partial charge in [-0.05, 0) is 74.0 Å². The Hall–Kier alpha value is -2.39. The highest BCUT2D eigenvalue weighted by Gasteiger charge is 2.38. The van der Waals surface area contributed by atoms with Crippen LogP contribution in [0.3, 0.4) is 0 Å². The fourth-order valence-corrected chi connectivity index (χ4v) is 5.45. The van der Waals surface area contributed by atoms with Crippen LogP contribution in [0.4, 0.5) is 0 Å². The van der Waals surface area contributed by atoms with Crippen LogP contribution in [0.25, 0.3) is 0 Å². The smallest absolute Gasteiger partial charge is 0.192 e. The van der Waals surface area contributed by atoms with Crippen LogP contribution in [0, 0.1) is 17.8 Å². The van der Waals surface area contributed by atoms with Gasteiger partial charge in [-0.1, -0.05) is 64.1 Å². The van der Waals surface area contributed by atoms with Crippen LogP contribution >= 0.6 is 0 Å². The monoisotopic (exact) mass is 550 g/mol. The predicted octanol–water partition coefficient (Wildman–Crippen LogP) is 8.59. The van der Waals surface area contributed by atoms with E-state index in [9.17, 15) is 4.79 Å². The summed E-state index contributed by atoms with van der Waals surface area (Å²) in [6.07, 6.45) is 16.5. The van der Waals surface area contributed by atoms with Gasteiger partial charge in [0.2, 0.25) is 0 Å². The number of hydrogen-bond acceptors (Lipinski definition) is 4. The second kappa shape index (κ2) is 16.7. The molecule has 214 valence electrons. The summed E-state index contributed by atoms with van der Waals surface area (Å²) >= 11 is 0. The van der Waals surface area contributed by atoms with E-state index in [1.165, 1.54) is 0 Å². The molecule has 39 heavy (non-hydrogen) atoms. The summed E-state index contributed by atoms with van der Waals surface area (Å²) in [6, 6.07) is 7.96. The first-order chi connectivity index (χ1) is 18.6. The van der Waals surface area contributed by atoms with E-state index in [4.69, 9.17) is 13.9 Å². The normalized spacial score (nSPS) is 17.6. The third-order valence-corrected chi connectivity index (χ3v) is 12.1. The quantitative estimate of drug-likeness (QED) is 0.0721. The van der Waals surface area contributed by atoms with Crippen LogP contribution in [0.1, 0.15) is 78.2 Å². The van der Waals surface area contributed by atoms with Crippen molar-refractivity contribution in [1.29, 1.82) is 0 Å². The summed E-state index contributed by atoms with van der Waals surface area (Å²) in [4.78, 5) is 12.6. The van der Waals surface area contributed by atoms with Gasteiger partial charge in [-0.15, -0.1) is 11.8 Å². The molecular formula is C34H50O4Si. The number of methoxy groups -OCH3 is 1. The second-order valence-corrected chi connectivity index (χ2v) is 16.5. The molecule has 0 N–H and O–H groups in total. The van der Waals surface area contributed by atoms with E-state index in [1.807, 2.05) is 30.3 Å². The van der Waals surface area contributed by atoms with E-state index in [1.54, 1.807) is 13.2 Å². The number of benzene rings is 1. The van der Waals surface area contributed by atoms with Gasteiger partial charge in [0, 0.05) is 30.9 Å². The third-order valence-electron chi connectivity index (χ3n) is 7.55. The Morgan fingerprint density at radius 2 is 1.79 bits per heavy atom. The Morgan fingerprint density at radius 1 is 1.05 bits per heavy atom. The first-order valence-electron chi connectivity index (χ1n) is 14.5. The largest absolute Gasteiger partial charge is 0.497 e. The summed E-state index contributed by atoms with van der Waals surface area (Å²) in [7, 11) is -0.232. The highest BCUT2D eigenvalue weighted by molar-refractivity contribution is 6.74. The standard InChI is InChI=1S/C34H50O4Si/c1-8-9-13-17-31(38-39(6,7)34(2,3)4)23-24-32-29(20-25-33(32)35)16-14-11-10-12-15-26-37-27-28-18-21-30(36-5)22-19-28/h9,13,18-22,24-25,29,31H,8,10,12,15-17,23,26-27H2,1-7H3/b13-9-,32-24+/t29-,31-/m0/s1. The Balaban J connectivity index is 1.80. The van der Waals surface area contributed by atoms with Crippen LogP contribution in [-0.4, -0.2) is 33.9 Å². The molecule has 1 aromatic rings. The maximum absolute atomic E-state index is 12.6. The van der Waals surface area contributed by atoms with Crippen molar-refractivity contribution in [2.75, 3.05) is 13.7 Å². The van der Waals surface area contributed by atoms with Gasteiger partial charge < -0.3 is 13.9 Å². The van der Waals surface area contributed by atoms with Crippen molar-refractivity contribution in [1.82, 2.24) is 0 Å². The van der Waals surface area contributed by atoms with Gasteiger partial charge in [-0.25, -0.2) is 0 Å². The average Bonchev–Trinajstić information content (AvgIpc) is 3.24. The van der Waals surface area contributed by atoms with Crippen LogP contribution < -0.4 is 4.74 Å². The van der Waals surface area contributed by atoms with Crippen molar-refractivity contribution in [3.8, 4) is 17.6 Å². The minimum atomic E-state index is -1.90. The minimum Gasteiger partial charge on any atom is -0.497 e. The molecule has 0 aromatic heterocycles. The zero-order valence-corrected chi connectivity index (χ0v) is 26.3. The van der Waals surface area contributed by atoms with Crippen LogP contribution in [0.2, 0.25) is 18.1 Å². The van der Waals surface area contributed by atoms with Crippen molar-refractivity contribution in [3.05, 3.63) is 65.8 Å². The average molecular weight is 551 g/mol. The number of rotatable bonds is 15. The number of unbranched alkanes of at least 4 members (excludes halogenated alkanes) is 2. The summed E-state index contributed by atoms with van der Waals surface area (Å²) in [6.45, 7) is 14.9. The zero-order valence-electron chi connectivity index (χ0n) is 25.3. The summed E-state index contributed by atoms with van der Waals surface area (Å²) in [5.74, 6) is 7.66. The molecule has 0 fully saturated rings. The number of carbonyl (C=O) groups excluding carboxylic acids is 1. The molecule has 0 bridgehead atoms. The van der Waals surface area contributed by atoms with Crippen molar-refractivity contribution in [3.63, 3.8) is 0 Å². The maximum Gasteiger partial charge on any atom is 0.192 e. The fraction of sp³-hybridized carbons (Fsp3) is 0.559. The molecule has 2 atom stereocenters. The number of carbonyl (C=O) groups is 1. The summed E-state index contributed by atoms with van der Waals surface area (Å²) in [5, 5.41) is 0.151. The van der Waals surface area contributed by atoms with Crippen molar-refractivity contribution < 1.29 is 18.7 Å². The number of ketones is 1. The van der Waals surface area contributed by atoms with Gasteiger partial charge in [0.1, 0.15) is 5.75 Å². The van der Waals surface area contributed by atoms with Gasteiger partial charge in [0.15, 0.2) is 14.1 Å². The van der Waals surface area contributed by atoms with Gasteiger partial charge in [0.05, 0.1) is 19.8 Å². The van der Waals surface area contributed by atoms with Crippen LogP contribution in [-0.2, 0) is 20.6 Å². The molecule has 0 heterocycles. The van der Waals surface area contributed by atoms with E-state index >= 15 is 0 Å². The molecule has 0 radical (unpaired) electrons. The van der Waals surface area contributed by atoms with Crippen molar-refractivity contribution >= 4 is 14.1 Å². The first-order valence-corrected chi connectivity index (χ1v) is 17.4. The summed E-state index contributed by atoms with van der Waals surface area (Å²) < 4.78 is 17.7. The molecule has 4 nitrogen and oxygen atoms in total. The van der Waals surface area contributed by atoms with Crippen molar-refractivity contribution in [2.24, 2.45) is 5.92 Å². The van der Waals surface area contributed by atoms with E-state index in [0.29, 0.717) is 13.0 Å². The minimum absolute atomic E-state index is 0.0811. The van der Waals surface area contributed by atoms with Crippen LogP contribution in [0.15, 0.2) is 60.2 Å². The zero-order chi connectivity index (χ0) is 28.7. The Kier molecular flexibility index (Phi) is 14.0. The lowest BCUT2D eigenvalue weighted by Gasteiger charge is -2.39. The molecule has 5 heteroatoms. The lowest BCUT2D eigenvalue weighted by atomic mass is 9.96. The molecule has 0 aliphatic heterocycles. The highest BCUT2D eigenvalue weighted by atomic mass is 28.4. The van der Waals surface area contributed by atoms with Gasteiger partial charge in [0.25, 0.3) is 0 Å². The maximum atomic E-state index is 12.6. The van der Waals surface area contributed by atoms with E-state index in [-0.39, 0.29) is 22.8 Å². The Morgan fingerprint density at radius 3 is 2.46 bits per heavy atom. The SMILES string of the molecule is CC/C=C\C[C@@H](C/C=C1/C(=O)C=C[C@@H]1CC#CCCCCOCc1ccc(OC)cc1)O[Si](C)(C)C(C)(C)C. The summed E-state index contributed by atoms with van der Waals surface area (Å²) in [5.41, 5.74) is 2.02. The second-order valence-electron chi connectivity index (χ2n) is 11.8.